The van der Waals surface area contributed by atoms with Crippen molar-refractivity contribution < 1.29 is 18.7 Å². The number of aromatic nitrogens is 2. The lowest BCUT2D eigenvalue weighted by atomic mass is 9.70. The lowest BCUT2D eigenvalue weighted by molar-refractivity contribution is -0.140. The van der Waals surface area contributed by atoms with E-state index < -0.39 is 17.2 Å². The van der Waals surface area contributed by atoms with E-state index in [-0.39, 0.29) is 17.1 Å². The number of hydrogen-bond acceptors (Lipinski definition) is 5. The summed E-state index contributed by atoms with van der Waals surface area (Å²) < 4.78 is 22.7. The van der Waals surface area contributed by atoms with Crippen LogP contribution in [0.5, 0.6) is 0 Å². The normalized spacial score (nSPS) is 23.0. The Morgan fingerprint density at radius 3 is 2.27 bits per heavy atom. The number of para-hydroxylation sites is 2. The second kappa shape index (κ2) is 13.4. The molecule has 3 aliphatic heterocycles. The molecule has 2 aromatic carbocycles. The van der Waals surface area contributed by atoms with E-state index in [1.807, 2.05) is 45.6 Å². The molecular weight excluding hydrogens is 605 g/mol. The van der Waals surface area contributed by atoms with Gasteiger partial charge in [-0.15, -0.1) is 0 Å². The predicted molar refractivity (Wildman–Crippen MR) is 187 cm³/mol. The van der Waals surface area contributed by atoms with Crippen molar-refractivity contribution in [3.8, 4) is 0 Å². The molecule has 3 saturated heterocycles. The van der Waals surface area contributed by atoms with Gasteiger partial charge in [0.25, 0.3) is 0 Å². The molecule has 1 N–H and O–H groups in total. The molecule has 0 saturated carbocycles. The fourth-order valence-electron chi connectivity index (χ4n) is 9.01. The van der Waals surface area contributed by atoms with Gasteiger partial charge in [-0.3, -0.25) is 9.69 Å². The number of carbonyl (C=O) groups is 2. The standard InChI is InChI=1S/C39H54FN5O3/c1-7-39(8-2,42-36(47)48-37(4,5)6)35(46)43-21-18-38(19-22-43,28-12-11-13-29(40)24-28)20-23-44-30-16-17-31(44)26-32(25-30)45-27(3)41-33-14-9-10-15-34(33)45/h9-15,24,30-32H,7-8,16-23,25-26H2,1-6H3,(H,42,47). The van der Waals surface area contributed by atoms with Gasteiger partial charge >= 0.3 is 6.09 Å². The van der Waals surface area contributed by atoms with Gasteiger partial charge in [-0.25, -0.2) is 14.2 Å². The Morgan fingerprint density at radius 2 is 1.65 bits per heavy atom. The molecule has 0 radical (unpaired) electrons. The van der Waals surface area contributed by atoms with Gasteiger partial charge in [-0.1, -0.05) is 38.1 Å². The third-order valence-corrected chi connectivity index (χ3v) is 11.6. The molecular formula is C39H54FN5O3. The highest BCUT2D eigenvalue weighted by Gasteiger charge is 2.46. The highest BCUT2D eigenvalue weighted by Crippen LogP contribution is 2.45. The number of ether oxygens (including phenoxy) is 1. The van der Waals surface area contributed by atoms with Crippen LogP contribution in [0.2, 0.25) is 0 Å². The number of aryl methyl sites for hydroxylation is 1. The molecule has 3 fully saturated rings. The summed E-state index contributed by atoms with van der Waals surface area (Å²) in [5.41, 5.74) is 1.42. The lowest BCUT2D eigenvalue weighted by Gasteiger charge is -2.47. The number of nitrogens with zero attached hydrogens (tertiary/aromatic N) is 4. The van der Waals surface area contributed by atoms with Crippen LogP contribution in [0.15, 0.2) is 48.5 Å². The average molecular weight is 660 g/mol. The first kappa shape index (κ1) is 34.4. The number of imidazole rings is 1. The van der Waals surface area contributed by atoms with Crippen molar-refractivity contribution in [3.63, 3.8) is 0 Å². The predicted octanol–water partition coefficient (Wildman–Crippen LogP) is 7.69. The Morgan fingerprint density at radius 1 is 0.979 bits per heavy atom. The number of carbonyl (C=O) groups excluding carboxylic acids is 2. The molecule has 0 spiro atoms. The summed E-state index contributed by atoms with van der Waals surface area (Å²) >= 11 is 0. The van der Waals surface area contributed by atoms with Crippen molar-refractivity contribution in [1.29, 1.82) is 0 Å². The van der Waals surface area contributed by atoms with Crippen LogP contribution in [0.4, 0.5) is 9.18 Å². The number of rotatable bonds is 9. The summed E-state index contributed by atoms with van der Waals surface area (Å²) in [6.07, 6.45) is 7.47. The van der Waals surface area contributed by atoms with Crippen LogP contribution in [-0.2, 0) is 14.9 Å². The number of halogens is 1. The fourth-order valence-corrected chi connectivity index (χ4v) is 9.01. The van der Waals surface area contributed by atoms with E-state index in [0.717, 1.165) is 55.6 Å². The average Bonchev–Trinajstić information content (AvgIpc) is 3.51. The third-order valence-electron chi connectivity index (χ3n) is 11.6. The van der Waals surface area contributed by atoms with Crippen molar-refractivity contribution in [2.75, 3.05) is 19.6 Å². The number of hydrogen-bond donors (Lipinski definition) is 1. The van der Waals surface area contributed by atoms with Gasteiger partial charge in [0.2, 0.25) is 5.91 Å². The molecule has 8 nitrogen and oxygen atoms in total. The Labute approximate surface area is 285 Å². The van der Waals surface area contributed by atoms with Crippen molar-refractivity contribution >= 4 is 23.0 Å². The maximum absolute atomic E-state index is 14.7. The minimum absolute atomic E-state index is 0.0614. The number of nitrogens with one attached hydrogen (secondary N) is 1. The van der Waals surface area contributed by atoms with Crippen LogP contribution >= 0.6 is 0 Å². The van der Waals surface area contributed by atoms with Crippen LogP contribution < -0.4 is 5.32 Å². The van der Waals surface area contributed by atoms with E-state index in [4.69, 9.17) is 9.72 Å². The monoisotopic (exact) mass is 659 g/mol. The zero-order valence-corrected chi connectivity index (χ0v) is 29.7. The van der Waals surface area contributed by atoms with Gasteiger partial charge in [0.15, 0.2) is 0 Å². The molecule has 9 heteroatoms. The van der Waals surface area contributed by atoms with E-state index in [1.54, 1.807) is 6.07 Å². The van der Waals surface area contributed by atoms with Gasteiger partial charge in [-0.2, -0.15) is 0 Å². The number of fused-ring (bicyclic) bond motifs is 3. The quantitative estimate of drug-likeness (QED) is 0.255. The number of amides is 2. The molecule has 3 aromatic rings. The molecule has 0 aliphatic carbocycles. The van der Waals surface area contributed by atoms with Crippen molar-refractivity contribution in [2.24, 2.45) is 0 Å². The Hall–Kier alpha value is -3.46. The Balaban J connectivity index is 1.16. The largest absolute Gasteiger partial charge is 0.444 e. The minimum Gasteiger partial charge on any atom is -0.444 e. The fraction of sp³-hybridized carbons (Fsp3) is 0.615. The molecule has 4 heterocycles. The Kier molecular flexibility index (Phi) is 9.64. The van der Waals surface area contributed by atoms with Crippen LogP contribution in [0.1, 0.15) is 110 Å². The van der Waals surface area contributed by atoms with Crippen LogP contribution in [0.3, 0.4) is 0 Å². The van der Waals surface area contributed by atoms with Crippen molar-refractivity contribution in [2.45, 2.75) is 134 Å². The van der Waals surface area contributed by atoms with Crippen LogP contribution in [-0.4, -0.2) is 74.2 Å². The molecule has 3 aliphatic rings. The summed E-state index contributed by atoms with van der Waals surface area (Å²) in [6, 6.07) is 17.1. The van der Waals surface area contributed by atoms with Gasteiger partial charge in [-0.05, 0) is 127 Å². The van der Waals surface area contributed by atoms with Gasteiger partial charge < -0.3 is 19.5 Å². The summed E-state index contributed by atoms with van der Waals surface area (Å²) in [4.78, 5) is 36.4. The first-order chi connectivity index (χ1) is 22.9. The number of benzene rings is 2. The van der Waals surface area contributed by atoms with Gasteiger partial charge in [0.1, 0.15) is 22.8 Å². The van der Waals surface area contributed by atoms with Gasteiger partial charge in [0.05, 0.1) is 11.0 Å². The second-order valence-corrected chi connectivity index (χ2v) is 15.5. The zero-order chi connectivity index (χ0) is 34.3. The topological polar surface area (TPSA) is 79.7 Å². The molecule has 48 heavy (non-hydrogen) atoms. The molecule has 1 aromatic heterocycles. The summed E-state index contributed by atoms with van der Waals surface area (Å²) in [7, 11) is 0. The maximum Gasteiger partial charge on any atom is 0.408 e. The molecule has 2 atom stereocenters. The minimum atomic E-state index is -1.02. The number of piperidine rings is 2. The summed E-state index contributed by atoms with van der Waals surface area (Å²) in [6.45, 7) is 13.6. The Bertz CT molecular complexity index is 1600. The number of alkyl carbamates (subject to hydrolysis) is 1. The van der Waals surface area contributed by atoms with E-state index >= 15 is 0 Å². The van der Waals surface area contributed by atoms with Crippen LogP contribution in [0.25, 0.3) is 11.0 Å². The first-order valence-corrected chi connectivity index (χ1v) is 18.1. The molecule has 2 bridgehead atoms. The second-order valence-electron chi connectivity index (χ2n) is 15.5. The molecule has 2 amide bonds. The molecule has 6 rings (SSSR count). The van der Waals surface area contributed by atoms with Crippen molar-refractivity contribution in [1.82, 2.24) is 24.7 Å². The smallest absolute Gasteiger partial charge is 0.408 e. The van der Waals surface area contributed by atoms with E-state index in [0.29, 0.717) is 44.1 Å². The first-order valence-electron chi connectivity index (χ1n) is 18.1. The van der Waals surface area contributed by atoms with Crippen LogP contribution in [0, 0.1) is 12.7 Å². The van der Waals surface area contributed by atoms with E-state index in [9.17, 15) is 14.0 Å². The zero-order valence-electron chi connectivity index (χ0n) is 29.7. The highest BCUT2D eigenvalue weighted by atomic mass is 19.1. The summed E-state index contributed by atoms with van der Waals surface area (Å²) in [5, 5.41) is 2.94. The van der Waals surface area contributed by atoms with E-state index in [2.05, 4.69) is 52.0 Å². The molecule has 2 unspecified atom stereocenters. The van der Waals surface area contributed by atoms with Gasteiger partial charge in [0, 0.05) is 31.2 Å². The highest BCUT2D eigenvalue weighted by molar-refractivity contribution is 5.90. The maximum atomic E-state index is 14.7. The SMILES string of the molecule is CCC(CC)(NC(=O)OC(C)(C)C)C(=O)N1CCC(CCN2C3CCC2CC(n2c(C)nc4ccccc42)C3)(c2cccc(F)c2)CC1. The van der Waals surface area contributed by atoms with Crippen molar-refractivity contribution in [3.05, 3.63) is 65.7 Å². The third kappa shape index (κ3) is 6.72. The molecule has 260 valence electrons. The van der Waals surface area contributed by atoms with E-state index in [1.165, 1.54) is 24.4 Å². The number of likely N-dealkylation sites (tertiary alicyclic amines) is 1. The lowest BCUT2D eigenvalue weighted by Crippen LogP contribution is -2.61. The summed E-state index contributed by atoms with van der Waals surface area (Å²) in [5.74, 6) is 0.817.